The Morgan fingerprint density at radius 2 is 1.79 bits per heavy atom. The first-order valence-corrected chi connectivity index (χ1v) is 5.34. The number of carbonyl (C=O) groups is 1. The van der Waals surface area contributed by atoms with E-state index in [1.807, 2.05) is 19.0 Å². The lowest BCUT2D eigenvalue weighted by molar-refractivity contribution is 0.118. The predicted octanol–water partition coefficient (Wildman–Crippen LogP) is 0.622. The molecular formula is C10H19N3O. The van der Waals surface area contributed by atoms with Crippen molar-refractivity contribution in [2.75, 3.05) is 14.1 Å². The van der Waals surface area contributed by atoms with Gasteiger partial charge in [-0.3, -0.25) is 0 Å². The molecule has 2 atom stereocenters. The van der Waals surface area contributed by atoms with Crippen LogP contribution in [0.5, 0.6) is 0 Å². The fourth-order valence-corrected chi connectivity index (χ4v) is 2.76. The molecule has 4 nitrogen and oxygen atoms in total. The monoisotopic (exact) mass is 197 g/mol. The number of rotatable bonds is 0. The number of urea groups is 1. The quantitative estimate of drug-likeness (QED) is 0.619. The molecule has 0 spiro atoms. The van der Waals surface area contributed by atoms with Gasteiger partial charge in [-0.05, 0) is 25.7 Å². The first-order valence-electron chi connectivity index (χ1n) is 5.34. The molecule has 2 fully saturated rings. The predicted molar refractivity (Wildman–Crippen MR) is 54.9 cm³/mol. The number of piperidine rings is 1. The van der Waals surface area contributed by atoms with Crippen LogP contribution in [-0.4, -0.2) is 48.1 Å². The molecule has 2 amide bonds. The van der Waals surface area contributed by atoms with Gasteiger partial charge in [0.15, 0.2) is 0 Å². The van der Waals surface area contributed by atoms with Crippen molar-refractivity contribution in [3.05, 3.63) is 0 Å². The normalized spacial score (nSPS) is 35.9. The van der Waals surface area contributed by atoms with Crippen molar-refractivity contribution in [3.63, 3.8) is 0 Å². The molecule has 0 aromatic heterocycles. The second-order valence-corrected chi connectivity index (χ2v) is 4.70. The van der Waals surface area contributed by atoms with E-state index < -0.39 is 0 Å². The van der Waals surface area contributed by atoms with Gasteiger partial charge < -0.3 is 15.5 Å². The molecule has 2 bridgehead atoms. The second-order valence-electron chi connectivity index (χ2n) is 4.70. The van der Waals surface area contributed by atoms with Crippen molar-refractivity contribution in [1.29, 1.82) is 0 Å². The van der Waals surface area contributed by atoms with Crippen molar-refractivity contribution >= 4 is 6.03 Å². The third-order valence-electron chi connectivity index (χ3n) is 3.37. The molecule has 0 aromatic carbocycles. The van der Waals surface area contributed by atoms with Gasteiger partial charge in [0, 0.05) is 32.2 Å². The zero-order chi connectivity index (χ0) is 10.3. The first kappa shape index (κ1) is 9.77. The van der Waals surface area contributed by atoms with Crippen molar-refractivity contribution in [2.45, 2.75) is 43.8 Å². The fraction of sp³-hybridized carbons (Fsp3) is 0.900. The summed E-state index contributed by atoms with van der Waals surface area (Å²) in [5, 5.41) is 0. The number of nitrogens with two attached hydrogens (primary N) is 1. The van der Waals surface area contributed by atoms with E-state index in [0.29, 0.717) is 18.1 Å². The minimum atomic E-state index is 0.157. The molecule has 2 unspecified atom stereocenters. The van der Waals surface area contributed by atoms with Crippen LogP contribution in [0, 0.1) is 0 Å². The second kappa shape index (κ2) is 3.42. The Hall–Kier alpha value is -0.770. The Kier molecular flexibility index (Phi) is 2.39. The van der Waals surface area contributed by atoms with E-state index in [9.17, 15) is 4.79 Å². The summed E-state index contributed by atoms with van der Waals surface area (Å²) < 4.78 is 0. The first-order chi connectivity index (χ1) is 6.59. The van der Waals surface area contributed by atoms with Gasteiger partial charge in [-0.2, -0.15) is 0 Å². The lowest BCUT2D eigenvalue weighted by Crippen LogP contribution is -2.53. The van der Waals surface area contributed by atoms with E-state index in [1.54, 1.807) is 4.90 Å². The maximum atomic E-state index is 11.9. The Morgan fingerprint density at radius 1 is 1.29 bits per heavy atom. The Balaban J connectivity index is 2.11. The zero-order valence-electron chi connectivity index (χ0n) is 8.94. The number of hydrogen-bond donors (Lipinski definition) is 1. The molecule has 2 aliphatic rings. The minimum absolute atomic E-state index is 0.157. The molecule has 0 saturated carbocycles. The highest BCUT2D eigenvalue weighted by molar-refractivity contribution is 5.75. The van der Waals surface area contributed by atoms with Crippen molar-refractivity contribution < 1.29 is 4.79 Å². The molecule has 80 valence electrons. The zero-order valence-corrected chi connectivity index (χ0v) is 8.94. The largest absolute Gasteiger partial charge is 0.331 e. The van der Waals surface area contributed by atoms with Crippen LogP contribution in [0.25, 0.3) is 0 Å². The molecule has 2 heterocycles. The van der Waals surface area contributed by atoms with E-state index in [1.165, 1.54) is 0 Å². The van der Waals surface area contributed by atoms with Gasteiger partial charge in [0.1, 0.15) is 0 Å². The molecule has 2 N–H and O–H groups in total. The fourth-order valence-electron chi connectivity index (χ4n) is 2.76. The van der Waals surface area contributed by atoms with Crippen LogP contribution >= 0.6 is 0 Å². The SMILES string of the molecule is CN(C)C(=O)N1C2CCC1CC(N)C2. The average molecular weight is 197 g/mol. The molecule has 0 radical (unpaired) electrons. The van der Waals surface area contributed by atoms with Gasteiger partial charge in [0.05, 0.1) is 0 Å². The molecule has 2 rings (SSSR count). The summed E-state index contributed by atoms with van der Waals surface area (Å²) in [7, 11) is 3.63. The Bertz CT molecular complexity index is 228. The molecule has 4 heteroatoms. The third kappa shape index (κ3) is 1.47. The summed E-state index contributed by atoms with van der Waals surface area (Å²) in [5.74, 6) is 0. The molecule has 2 aliphatic heterocycles. The van der Waals surface area contributed by atoms with Crippen LogP contribution in [0.4, 0.5) is 4.79 Å². The van der Waals surface area contributed by atoms with Crippen LogP contribution in [0.15, 0.2) is 0 Å². The molecular weight excluding hydrogens is 178 g/mol. The highest BCUT2D eigenvalue weighted by Gasteiger charge is 2.42. The van der Waals surface area contributed by atoms with Crippen LogP contribution < -0.4 is 5.73 Å². The van der Waals surface area contributed by atoms with Gasteiger partial charge in [-0.25, -0.2) is 4.79 Å². The average Bonchev–Trinajstić information content (AvgIpc) is 2.37. The topological polar surface area (TPSA) is 49.6 Å². The number of hydrogen-bond acceptors (Lipinski definition) is 2. The lowest BCUT2D eigenvalue weighted by Gasteiger charge is -2.39. The standard InChI is InChI=1S/C10H19N3O/c1-12(2)10(14)13-8-3-4-9(13)6-7(11)5-8/h7-9H,3-6,11H2,1-2H3. The van der Waals surface area contributed by atoms with Crippen molar-refractivity contribution in [1.82, 2.24) is 9.80 Å². The number of carbonyl (C=O) groups excluding carboxylic acids is 1. The van der Waals surface area contributed by atoms with E-state index >= 15 is 0 Å². The molecule has 0 aromatic rings. The summed E-state index contributed by atoms with van der Waals surface area (Å²) in [6.07, 6.45) is 4.24. The van der Waals surface area contributed by atoms with Gasteiger partial charge in [-0.1, -0.05) is 0 Å². The number of fused-ring (bicyclic) bond motifs is 2. The molecule has 14 heavy (non-hydrogen) atoms. The minimum Gasteiger partial charge on any atom is -0.331 e. The highest BCUT2D eigenvalue weighted by Crippen LogP contribution is 2.35. The van der Waals surface area contributed by atoms with Gasteiger partial charge in [0.25, 0.3) is 0 Å². The molecule has 0 aliphatic carbocycles. The summed E-state index contributed by atoms with van der Waals surface area (Å²) in [6.45, 7) is 0. The van der Waals surface area contributed by atoms with Crippen LogP contribution in [0.1, 0.15) is 25.7 Å². The van der Waals surface area contributed by atoms with Crippen molar-refractivity contribution in [2.24, 2.45) is 5.73 Å². The van der Waals surface area contributed by atoms with Crippen LogP contribution in [0.2, 0.25) is 0 Å². The number of nitrogens with zero attached hydrogens (tertiary/aromatic N) is 2. The van der Waals surface area contributed by atoms with Gasteiger partial charge in [0.2, 0.25) is 0 Å². The Morgan fingerprint density at radius 3 is 2.21 bits per heavy atom. The van der Waals surface area contributed by atoms with E-state index in [0.717, 1.165) is 25.7 Å². The Labute approximate surface area is 85.0 Å². The summed E-state index contributed by atoms with van der Waals surface area (Å²) in [4.78, 5) is 15.6. The maximum absolute atomic E-state index is 11.9. The van der Waals surface area contributed by atoms with Gasteiger partial charge in [-0.15, -0.1) is 0 Å². The summed E-state index contributed by atoms with van der Waals surface area (Å²) >= 11 is 0. The number of amides is 2. The van der Waals surface area contributed by atoms with Gasteiger partial charge >= 0.3 is 6.03 Å². The van der Waals surface area contributed by atoms with E-state index in [-0.39, 0.29) is 6.03 Å². The lowest BCUT2D eigenvalue weighted by atomic mass is 9.99. The molecule has 2 saturated heterocycles. The van der Waals surface area contributed by atoms with Crippen molar-refractivity contribution in [3.8, 4) is 0 Å². The summed E-state index contributed by atoms with van der Waals surface area (Å²) in [6, 6.07) is 1.26. The highest BCUT2D eigenvalue weighted by atomic mass is 16.2. The maximum Gasteiger partial charge on any atom is 0.319 e. The van der Waals surface area contributed by atoms with Crippen LogP contribution in [0.3, 0.4) is 0 Å². The summed E-state index contributed by atoms with van der Waals surface area (Å²) in [5.41, 5.74) is 5.94. The van der Waals surface area contributed by atoms with E-state index in [2.05, 4.69) is 0 Å². The van der Waals surface area contributed by atoms with Crippen LogP contribution in [-0.2, 0) is 0 Å². The third-order valence-corrected chi connectivity index (χ3v) is 3.37. The van der Waals surface area contributed by atoms with E-state index in [4.69, 9.17) is 5.73 Å². The smallest absolute Gasteiger partial charge is 0.319 e.